The molecule has 0 spiro atoms. The monoisotopic (exact) mass is 457 g/mol. The van der Waals surface area contributed by atoms with Gasteiger partial charge in [0, 0.05) is 5.56 Å². The average Bonchev–Trinajstić information content (AvgIpc) is 2.81. The van der Waals surface area contributed by atoms with Crippen molar-refractivity contribution >= 4 is 18.0 Å². The van der Waals surface area contributed by atoms with Crippen LogP contribution in [0.5, 0.6) is 23.0 Å². The van der Waals surface area contributed by atoms with Crippen LogP contribution in [0.25, 0.3) is 0 Å². The van der Waals surface area contributed by atoms with Gasteiger partial charge in [-0.1, -0.05) is 0 Å². The Morgan fingerprint density at radius 2 is 1.42 bits per heavy atom. The lowest BCUT2D eigenvalue weighted by atomic mass is 10.1. The van der Waals surface area contributed by atoms with Crippen LogP contribution in [-0.2, 0) is 4.79 Å². The van der Waals surface area contributed by atoms with Crippen molar-refractivity contribution in [2.45, 2.75) is 27.7 Å². The van der Waals surface area contributed by atoms with Crippen LogP contribution in [0.4, 0.5) is 0 Å². The predicted molar refractivity (Wildman–Crippen MR) is 126 cm³/mol. The number of amides is 2. The number of ether oxygens (including phenoxy) is 4. The minimum atomic E-state index is -0.466. The number of nitrogens with one attached hydrogen (secondary N) is 2. The summed E-state index contributed by atoms with van der Waals surface area (Å²) in [5.74, 6) is 1.09. The second-order valence-corrected chi connectivity index (χ2v) is 6.58. The summed E-state index contributed by atoms with van der Waals surface area (Å²) in [6.45, 7) is 8.98. The first-order chi connectivity index (χ1) is 16.0. The number of nitrogens with zero attached hydrogens (tertiary/aromatic N) is 1. The molecule has 9 nitrogen and oxygen atoms in total. The molecule has 2 N–H and O–H groups in total. The Morgan fingerprint density at radius 3 is 1.97 bits per heavy atom. The van der Waals surface area contributed by atoms with Crippen molar-refractivity contribution in [2.24, 2.45) is 5.10 Å². The van der Waals surface area contributed by atoms with Gasteiger partial charge in [0.25, 0.3) is 11.8 Å². The van der Waals surface area contributed by atoms with Gasteiger partial charge < -0.3 is 24.3 Å². The minimum absolute atomic E-state index is 0.249. The Labute approximate surface area is 194 Å². The predicted octanol–water partition coefficient (Wildman–Crippen LogP) is 3.16. The van der Waals surface area contributed by atoms with E-state index in [0.29, 0.717) is 43.7 Å². The smallest absolute Gasteiger partial charge is 0.259 e. The standard InChI is InChI=1S/C24H31N3O6/c1-5-30-19-11-9-17(10-12-19)15-26-27-22(28)16-25-24(29)18-13-20(31-6-2)23(33-8-4)21(14-18)32-7-3/h9-15H,5-8,16H2,1-4H3,(H,25,29)(H,27,28)/b26-15+. The van der Waals surface area contributed by atoms with Gasteiger partial charge >= 0.3 is 0 Å². The third kappa shape index (κ3) is 8.03. The molecule has 2 rings (SSSR count). The molecule has 0 fully saturated rings. The quantitative estimate of drug-likeness (QED) is 0.353. The number of hydrogen-bond donors (Lipinski definition) is 2. The second kappa shape index (κ2) is 13.6. The van der Waals surface area contributed by atoms with Crippen molar-refractivity contribution in [1.82, 2.24) is 10.7 Å². The summed E-state index contributed by atoms with van der Waals surface area (Å²) in [4.78, 5) is 24.7. The highest BCUT2D eigenvalue weighted by molar-refractivity contribution is 5.97. The lowest BCUT2D eigenvalue weighted by Gasteiger charge is -2.17. The normalized spacial score (nSPS) is 10.5. The molecule has 0 bridgehead atoms. The fourth-order valence-corrected chi connectivity index (χ4v) is 2.82. The minimum Gasteiger partial charge on any atom is -0.494 e. The molecule has 9 heteroatoms. The van der Waals surface area contributed by atoms with Gasteiger partial charge in [-0.25, -0.2) is 5.43 Å². The molecular formula is C24H31N3O6. The van der Waals surface area contributed by atoms with E-state index in [9.17, 15) is 9.59 Å². The highest BCUT2D eigenvalue weighted by atomic mass is 16.5. The number of carbonyl (C=O) groups excluding carboxylic acids is 2. The Kier molecular flexibility index (Phi) is 10.5. The number of benzene rings is 2. The largest absolute Gasteiger partial charge is 0.494 e. The van der Waals surface area contributed by atoms with Crippen molar-refractivity contribution in [3.8, 4) is 23.0 Å². The van der Waals surface area contributed by atoms with Gasteiger partial charge in [-0.2, -0.15) is 5.10 Å². The van der Waals surface area contributed by atoms with Crippen LogP contribution in [0.1, 0.15) is 43.6 Å². The lowest BCUT2D eigenvalue weighted by Crippen LogP contribution is -2.35. The number of rotatable bonds is 13. The fraction of sp³-hybridized carbons (Fsp3) is 0.375. The molecule has 0 saturated carbocycles. The second-order valence-electron chi connectivity index (χ2n) is 6.58. The molecule has 2 aromatic rings. The molecule has 0 aliphatic heterocycles. The molecule has 0 heterocycles. The summed E-state index contributed by atoms with van der Waals surface area (Å²) < 4.78 is 22.2. The van der Waals surface area contributed by atoms with E-state index in [1.165, 1.54) is 6.21 Å². The third-order valence-electron chi connectivity index (χ3n) is 4.17. The van der Waals surface area contributed by atoms with Crippen LogP contribution >= 0.6 is 0 Å². The number of hydrogen-bond acceptors (Lipinski definition) is 7. The molecule has 0 aromatic heterocycles. The van der Waals surface area contributed by atoms with Gasteiger partial charge in [-0.15, -0.1) is 0 Å². The van der Waals surface area contributed by atoms with E-state index in [2.05, 4.69) is 15.8 Å². The Balaban J connectivity index is 1.97. The molecule has 0 atom stereocenters. The molecule has 0 unspecified atom stereocenters. The molecule has 0 aliphatic rings. The van der Waals surface area contributed by atoms with Gasteiger partial charge in [-0.3, -0.25) is 9.59 Å². The maximum atomic E-state index is 12.6. The van der Waals surface area contributed by atoms with Crippen LogP contribution in [0.15, 0.2) is 41.5 Å². The summed E-state index contributed by atoms with van der Waals surface area (Å²) in [6, 6.07) is 10.4. The van der Waals surface area contributed by atoms with Crippen molar-refractivity contribution < 1.29 is 28.5 Å². The SMILES string of the molecule is CCOc1ccc(/C=N/NC(=O)CNC(=O)c2cc(OCC)c(OCC)c(OCC)c2)cc1. The topological polar surface area (TPSA) is 107 Å². The first-order valence-electron chi connectivity index (χ1n) is 10.9. The molecule has 0 aliphatic carbocycles. The third-order valence-corrected chi connectivity index (χ3v) is 4.17. The van der Waals surface area contributed by atoms with E-state index in [4.69, 9.17) is 18.9 Å². The number of carbonyl (C=O) groups is 2. The highest BCUT2D eigenvalue weighted by Crippen LogP contribution is 2.39. The average molecular weight is 458 g/mol. The van der Waals surface area contributed by atoms with Gasteiger partial charge in [0.05, 0.1) is 39.2 Å². The zero-order chi connectivity index (χ0) is 24.1. The van der Waals surface area contributed by atoms with E-state index in [0.717, 1.165) is 11.3 Å². The van der Waals surface area contributed by atoms with Crippen LogP contribution in [-0.4, -0.2) is 51.0 Å². The first-order valence-corrected chi connectivity index (χ1v) is 10.9. The maximum absolute atomic E-state index is 12.6. The van der Waals surface area contributed by atoms with Crippen molar-refractivity contribution in [1.29, 1.82) is 0 Å². The lowest BCUT2D eigenvalue weighted by molar-refractivity contribution is -0.120. The molecule has 2 amide bonds. The van der Waals surface area contributed by atoms with E-state index < -0.39 is 11.8 Å². The fourth-order valence-electron chi connectivity index (χ4n) is 2.82. The van der Waals surface area contributed by atoms with Crippen LogP contribution in [0.2, 0.25) is 0 Å². The van der Waals surface area contributed by atoms with Gasteiger partial charge in [0.15, 0.2) is 11.5 Å². The summed E-state index contributed by atoms with van der Waals surface area (Å²) in [5, 5.41) is 6.47. The molecule has 178 valence electrons. The van der Waals surface area contributed by atoms with E-state index in [1.807, 2.05) is 52.0 Å². The zero-order valence-corrected chi connectivity index (χ0v) is 19.5. The number of hydrazone groups is 1. The van der Waals surface area contributed by atoms with Gasteiger partial charge in [-0.05, 0) is 69.7 Å². The van der Waals surface area contributed by atoms with Crippen molar-refractivity contribution in [3.63, 3.8) is 0 Å². The highest BCUT2D eigenvalue weighted by Gasteiger charge is 2.18. The molecule has 0 saturated heterocycles. The van der Waals surface area contributed by atoms with Crippen molar-refractivity contribution in [3.05, 3.63) is 47.5 Å². The van der Waals surface area contributed by atoms with E-state index in [-0.39, 0.29) is 12.1 Å². The first kappa shape index (κ1) is 25.5. The summed E-state index contributed by atoms with van der Waals surface area (Å²) >= 11 is 0. The van der Waals surface area contributed by atoms with Crippen LogP contribution in [0, 0.1) is 0 Å². The molecule has 2 aromatic carbocycles. The summed E-state index contributed by atoms with van der Waals surface area (Å²) in [7, 11) is 0. The Bertz CT molecular complexity index is 917. The van der Waals surface area contributed by atoms with Crippen LogP contribution in [0.3, 0.4) is 0 Å². The summed E-state index contributed by atoms with van der Waals surface area (Å²) in [5.41, 5.74) is 3.47. The Hall–Kier alpha value is -3.75. The molecule has 0 radical (unpaired) electrons. The van der Waals surface area contributed by atoms with Crippen LogP contribution < -0.4 is 29.7 Å². The van der Waals surface area contributed by atoms with E-state index >= 15 is 0 Å². The van der Waals surface area contributed by atoms with Gasteiger partial charge in [0.1, 0.15) is 5.75 Å². The van der Waals surface area contributed by atoms with Crippen molar-refractivity contribution in [2.75, 3.05) is 33.0 Å². The maximum Gasteiger partial charge on any atom is 0.259 e. The molecule has 33 heavy (non-hydrogen) atoms. The van der Waals surface area contributed by atoms with Gasteiger partial charge in [0.2, 0.25) is 5.75 Å². The molecular weight excluding hydrogens is 426 g/mol. The summed E-state index contributed by atoms with van der Waals surface area (Å²) in [6.07, 6.45) is 1.50. The zero-order valence-electron chi connectivity index (χ0n) is 19.5. The van der Waals surface area contributed by atoms with E-state index in [1.54, 1.807) is 12.1 Å². The Morgan fingerprint density at radius 1 is 0.848 bits per heavy atom.